The lowest BCUT2D eigenvalue weighted by Gasteiger charge is -2.25. The largest absolute Gasteiger partial charge is 0.447 e. The van der Waals surface area contributed by atoms with Gasteiger partial charge in [-0.1, -0.05) is 29.3 Å². The maximum absolute atomic E-state index is 12.0. The molecule has 1 N–H and O–H groups in total. The molecule has 7 heteroatoms. The van der Waals surface area contributed by atoms with Gasteiger partial charge < -0.3 is 9.73 Å². The Morgan fingerprint density at radius 3 is 2.56 bits per heavy atom. The fourth-order valence-corrected chi connectivity index (χ4v) is 2.76. The topological polar surface area (TPSA) is 58.4 Å². The van der Waals surface area contributed by atoms with Crippen LogP contribution in [0.15, 0.2) is 28.9 Å². The predicted molar refractivity (Wildman–Crippen MR) is 100.0 cm³/mol. The number of carbonyl (C=O) groups excluding carboxylic acids is 1. The van der Waals surface area contributed by atoms with E-state index in [1.807, 2.05) is 26.0 Å². The third-order valence-electron chi connectivity index (χ3n) is 3.66. The molecule has 0 saturated carbocycles. The number of hydrogen-bond donors (Lipinski definition) is 1. The van der Waals surface area contributed by atoms with Gasteiger partial charge in [-0.25, -0.2) is 4.98 Å². The molecular weight excluding hydrogens is 361 g/mol. The van der Waals surface area contributed by atoms with Crippen molar-refractivity contribution in [2.75, 3.05) is 0 Å². The van der Waals surface area contributed by atoms with Gasteiger partial charge in [-0.3, -0.25) is 9.69 Å². The van der Waals surface area contributed by atoms with Crippen molar-refractivity contribution < 1.29 is 9.21 Å². The number of aromatic nitrogens is 1. The van der Waals surface area contributed by atoms with Crippen LogP contribution in [0, 0.1) is 0 Å². The first kappa shape index (κ1) is 19.8. The van der Waals surface area contributed by atoms with Gasteiger partial charge in [0.15, 0.2) is 5.69 Å². The summed E-state index contributed by atoms with van der Waals surface area (Å²) in [6, 6.07) is 5.76. The first-order valence-corrected chi connectivity index (χ1v) is 8.95. The van der Waals surface area contributed by atoms with Crippen LogP contribution in [0.4, 0.5) is 0 Å². The van der Waals surface area contributed by atoms with E-state index in [1.165, 1.54) is 6.26 Å². The molecule has 0 aliphatic carbocycles. The Balaban J connectivity index is 2.09. The van der Waals surface area contributed by atoms with Crippen LogP contribution in [0.25, 0.3) is 0 Å². The van der Waals surface area contributed by atoms with Crippen molar-refractivity contribution in [3.05, 3.63) is 51.7 Å². The molecule has 0 fully saturated rings. The summed E-state index contributed by atoms with van der Waals surface area (Å²) in [7, 11) is 0. The molecule has 0 radical (unpaired) electrons. The standard InChI is InChI=1S/C18H23Cl2N3O2/c1-11(2)21-18(24)16-10-25-17(22-16)9-23(12(3)4)8-13-5-6-14(19)7-15(13)20/h5-7,10-12H,8-9H2,1-4H3,(H,21,24). The van der Waals surface area contributed by atoms with E-state index in [4.69, 9.17) is 27.6 Å². The van der Waals surface area contributed by atoms with E-state index in [0.717, 1.165) is 5.56 Å². The van der Waals surface area contributed by atoms with Crippen LogP contribution in [0.2, 0.25) is 10.0 Å². The molecule has 1 amide bonds. The van der Waals surface area contributed by atoms with Gasteiger partial charge in [-0.15, -0.1) is 0 Å². The number of amides is 1. The van der Waals surface area contributed by atoms with E-state index < -0.39 is 0 Å². The summed E-state index contributed by atoms with van der Waals surface area (Å²) in [6.45, 7) is 9.07. The van der Waals surface area contributed by atoms with Crippen molar-refractivity contribution in [2.45, 2.75) is 52.9 Å². The summed E-state index contributed by atoms with van der Waals surface area (Å²) < 4.78 is 5.47. The van der Waals surface area contributed by atoms with Crippen molar-refractivity contribution in [3.8, 4) is 0 Å². The summed E-state index contributed by atoms with van der Waals surface area (Å²) in [5, 5.41) is 4.03. The maximum atomic E-state index is 12.0. The molecule has 0 spiro atoms. The fraction of sp³-hybridized carbons (Fsp3) is 0.444. The molecular formula is C18H23Cl2N3O2. The number of benzene rings is 1. The van der Waals surface area contributed by atoms with Gasteiger partial charge in [0.1, 0.15) is 6.26 Å². The van der Waals surface area contributed by atoms with Crippen LogP contribution in [-0.4, -0.2) is 27.9 Å². The van der Waals surface area contributed by atoms with Crippen LogP contribution in [-0.2, 0) is 13.1 Å². The average Bonchev–Trinajstić information content (AvgIpc) is 2.97. The zero-order valence-corrected chi connectivity index (χ0v) is 16.4. The second kappa shape index (κ2) is 8.70. The quantitative estimate of drug-likeness (QED) is 0.762. The fourth-order valence-electron chi connectivity index (χ4n) is 2.29. The van der Waals surface area contributed by atoms with Gasteiger partial charge in [0.25, 0.3) is 5.91 Å². The summed E-state index contributed by atoms with van der Waals surface area (Å²) in [6.07, 6.45) is 1.39. The molecule has 0 atom stereocenters. The first-order chi connectivity index (χ1) is 11.8. The molecule has 0 bridgehead atoms. The normalized spacial score (nSPS) is 11.6. The number of rotatable bonds is 7. The van der Waals surface area contributed by atoms with Crippen LogP contribution >= 0.6 is 23.2 Å². The van der Waals surface area contributed by atoms with Crippen LogP contribution in [0.1, 0.15) is 49.6 Å². The Hall–Kier alpha value is -1.56. The Labute approximate surface area is 158 Å². The highest BCUT2D eigenvalue weighted by atomic mass is 35.5. The Morgan fingerprint density at radius 2 is 1.96 bits per heavy atom. The van der Waals surface area contributed by atoms with Crippen LogP contribution in [0.5, 0.6) is 0 Å². The van der Waals surface area contributed by atoms with E-state index in [0.29, 0.717) is 29.0 Å². The monoisotopic (exact) mass is 383 g/mol. The molecule has 1 aromatic heterocycles. The zero-order chi connectivity index (χ0) is 18.6. The Morgan fingerprint density at radius 1 is 1.24 bits per heavy atom. The molecule has 0 aliphatic heterocycles. The average molecular weight is 384 g/mol. The third-order valence-corrected chi connectivity index (χ3v) is 4.25. The number of carbonyl (C=O) groups is 1. The summed E-state index contributed by atoms with van der Waals surface area (Å²) in [4.78, 5) is 18.4. The molecule has 0 unspecified atom stereocenters. The van der Waals surface area contributed by atoms with E-state index in [2.05, 4.69) is 29.0 Å². The second-order valence-electron chi connectivity index (χ2n) is 6.49. The number of halogens is 2. The summed E-state index contributed by atoms with van der Waals surface area (Å²) in [5.74, 6) is 0.259. The molecule has 0 saturated heterocycles. The van der Waals surface area contributed by atoms with Crippen molar-refractivity contribution in [3.63, 3.8) is 0 Å². The van der Waals surface area contributed by atoms with E-state index in [9.17, 15) is 4.79 Å². The summed E-state index contributed by atoms with van der Waals surface area (Å²) >= 11 is 12.2. The minimum absolute atomic E-state index is 0.0480. The van der Waals surface area contributed by atoms with Gasteiger partial charge in [0, 0.05) is 28.7 Å². The molecule has 1 heterocycles. The molecule has 2 aromatic rings. The lowest BCUT2D eigenvalue weighted by Crippen LogP contribution is -2.31. The molecule has 136 valence electrons. The van der Waals surface area contributed by atoms with Crippen molar-refractivity contribution in [2.24, 2.45) is 0 Å². The highest BCUT2D eigenvalue weighted by molar-refractivity contribution is 6.35. The molecule has 2 rings (SSSR count). The zero-order valence-electron chi connectivity index (χ0n) is 14.8. The van der Waals surface area contributed by atoms with E-state index in [-0.39, 0.29) is 23.7 Å². The first-order valence-electron chi connectivity index (χ1n) is 8.19. The predicted octanol–water partition coefficient (Wildman–Crippen LogP) is 4.53. The van der Waals surface area contributed by atoms with Crippen LogP contribution in [0.3, 0.4) is 0 Å². The second-order valence-corrected chi connectivity index (χ2v) is 7.33. The Bertz CT molecular complexity index is 729. The number of oxazole rings is 1. The lowest BCUT2D eigenvalue weighted by molar-refractivity contribution is 0.0938. The van der Waals surface area contributed by atoms with Gasteiger partial charge in [-0.05, 0) is 45.4 Å². The maximum Gasteiger partial charge on any atom is 0.273 e. The van der Waals surface area contributed by atoms with Gasteiger partial charge >= 0.3 is 0 Å². The Kier molecular flexibility index (Phi) is 6.87. The lowest BCUT2D eigenvalue weighted by atomic mass is 10.2. The minimum atomic E-state index is -0.234. The SMILES string of the molecule is CC(C)NC(=O)c1coc(CN(Cc2ccc(Cl)cc2Cl)C(C)C)n1. The minimum Gasteiger partial charge on any atom is -0.447 e. The number of nitrogens with one attached hydrogen (secondary N) is 1. The molecule has 1 aromatic carbocycles. The number of nitrogens with zero attached hydrogens (tertiary/aromatic N) is 2. The molecule has 0 aliphatic rings. The summed E-state index contributed by atoms with van der Waals surface area (Å²) in [5.41, 5.74) is 1.26. The van der Waals surface area contributed by atoms with E-state index >= 15 is 0 Å². The van der Waals surface area contributed by atoms with Gasteiger partial charge in [-0.2, -0.15) is 0 Å². The van der Waals surface area contributed by atoms with Crippen molar-refractivity contribution in [1.29, 1.82) is 0 Å². The van der Waals surface area contributed by atoms with Gasteiger partial charge in [0.05, 0.1) is 6.54 Å². The van der Waals surface area contributed by atoms with Gasteiger partial charge in [0.2, 0.25) is 5.89 Å². The molecule has 25 heavy (non-hydrogen) atoms. The van der Waals surface area contributed by atoms with Crippen LogP contribution < -0.4 is 5.32 Å². The highest BCUT2D eigenvalue weighted by Crippen LogP contribution is 2.23. The third kappa shape index (κ3) is 5.73. The molecule has 5 nitrogen and oxygen atoms in total. The van der Waals surface area contributed by atoms with Crippen molar-refractivity contribution in [1.82, 2.24) is 15.2 Å². The van der Waals surface area contributed by atoms with E-state index in [1.54, 1.807) is 6.07 Å². The smallest absolute Gasteiger partial charge is 0.273 e. The van der Waals surface area contributed by atoms with Crippen molar-refractivity contribution >= 4 is 29.1 Å². The number of hydrogen-bond acceptors (Lipinski definition) is 4. The highest BCUT2D eigenvalue weighted by Gasteiger charge is 2.18.